The maximum atomic E-state index is 10.2. The highest BCUT2D eigenvalue weighted by Crippen LogP contribution is 2.28. The molecule has 0 rings (SSSR count). The van der Waals surface area contributed by atoms with Gasteiger partial charge in [-0.3, -0.25) is 4.90 Å². The molecule has 25 heavy (non-hydrogen) atoms. The molecule has 0 aromatic heterocycles. The van der Waals surface area contributed by atoms with E-state index in [1.165, 1.54) is 12.8 Å². The van der Waals surface area contributed by atoms with Crippen molar-refractivity contribution in [1.82, 2.24) is 4.90 Å². The summed E-state index contributed by atoms with van der Waals surface area (Å²) in [6.07, 6.45) is 5.64. The molecule has 0 bridgehead atoms. The number of halogens is 2. The van der Waals surface area contributed by atoms with Crippen LogP contribution in [0.25, 0.3) is 0 Å². The summed E-state index contributed by atoms with van der Waals surface area (Å²) in [5.41, 5.74) is -0.693. The average molecular weight is 587 g/mol. The molecule has 2 N–H and O–H groups in total. The second-order valence-corrected chi connectivity index (χ2v) is 7.84. The Bertz CT molecular complexity index is 301. The summed E-state index contributed by atoms with van der Waals surface area (Å²) in [7, 11) is 1.62. The molecule has 0 aliphatic heterocycles. The first-order valence-electron chi connectivity index (χ1n) is 9.03. The molecule has 2 atom stereocenters. The van der Waals surface area contributed by atoms with E-state index in [1.54, 1.807) is 7.11 Å². The Morgan fingerprint density at radius 3 is 2.08 bits per heavy atom. The van der Waals surface area contributed by atoms with Gasteiger partial charge >= 0.3 is 0 Å². The van der Waals surface area contributed by atoms with E-state index >= 15 is 0 Å². The van der Waals surface area contributed by atoms with Crippen molar-refractivity contribution < 1.29 is 21.1 Å². The number of hydrogen-bond acceptors (Lipinski definition) is 6. The van der Waals surface area contributed by atoms with E-state index in [-0.39, 0.29) is 19.3 Å². The average Bonchev–Trinajstić information content (AvgIpc) is 2.59. The molecule has 0 spiro atoms. The van der Waals surface area contributed by atoms with Gasteiger partial charge in [-0.25, -0.2) is 0 Å². The van der Waals surface area contributed by atoms with Crippen LogP contribution in [0.2, 0.25) is 0 Å². The van der Waals surface area contributed by atoms with Crippen LogP contribution in [0.5, 0.6) is 0 Å². The summed E-state index contributed by atoms with van der Waals surface area (Å²) in [6.45, 7) is 5.97. The maximum absolute atomic E-state index is 10.2. The van der Waals surface area contributed by atoms with Crippen molar-refractivity contribution in [1.29, 1.82) is 0 Å². The molecular weight excluding hydrogens is 552 g/mol. The van der Waals surface area contributed by atoms with Crippen molar-refractivity contribution in [3.63, 3.8) is 0 Å². The summed E-state index contributed by atoms with van der Waals surface area (Å²) in [6, 6.07) is 0.0843. The molecule has 0 aliphatic rings. The molecule has 0 fully saturated rings. The zero-order chi connectivity index (χ0) is 19.1. The fourth-order valence-electron chi connectivity index (χ4n) is 3.61. The topological polar surface area (TPSA) is 71.4 Å². The van der Waals surface area contributed by atoms with Crippen LogP contribution >= 0.6 is 46.0 Å². The number of ether oxygens (including phenoxy) is 1. The number of nitrogens with zero attached hydrogens (tertiary/aromatic N) is 1. The Balaban J connectivity index is 5.56. The number of hydrogen-bond donors (Lipinski definition) is 2. The number of aliphatic hydroxyl groups excluding tert-OH is 2. The Morgan fingerprint density at radius 1 is 1.04 bits per heavy atom. The number of aliphatic hydroxyl groups is 2. The first-order chi connectivity index (χ1) is 12.1. The second-order valence-electron chi connectivity index (χ2n) is 6.59. The van der Waals surface area contributed by atoms with Gasteiger partial charge in [-0.15, -0.1) is 0 Å². The lowest BCUT2D eigenvalue weighted by Crippen LogP contribution is -2.63. The summed E-state index contributed by atoms with van der Waals surface area (Å²) < 4.78 is 16.2. The number of rotatable bonds is 17. The largest absolute Gasteiger partial charge is 0.395 e. The van der Waals surface area contributed by atoms with E-state index in [1.807, 2.05) is 46.0 Å². The Hall–Kier alpha value is 1.22. The minimum atomic E-state index is -0.693. The zero-order valence-corrected chi connectivity index (χ0v) is 20.1. The SMILES string of the molecule is CCCC(CCC)CC(COI)N(CCO)C(CO)(COC)COI. The van der Waals surface area contributed by atoms with E-state index in [9.17, 15) is 10.2 Å². The van der Waals surface area contributed by atoms with Crippen molar-refractivity contribution in [3.05, 3.63) is 0 Å². The fraction of sp³-hybridized carbons (Fsp3) is 1.00. The highest BCUT2D eigenvalue weighted by Gasteiger charge is 2.41. The van der Waals surface area contributed by atoms with Gasteiger partial charge in [-0.05, 0) is 12.3 Å². The lowest BCUT2D eigenvalue weighted by atomic mass is 9.88. The first kappa shape index (κ1) is 26.2. The highest BCUT2D eigenvalue weighted by atomic mass is 127. The van der Waals surface area contributed by atoms with Crippen molar-refractivity contribution in [2.45, 2.75) is 57.5 Å². The molecule has 2 unspecified atom stereocenters. The summed E-state index contributed by atoms with van der Waals surface area (Å²) in [5.74, 6) is 0.604. The highest BCUT2D eigenvalue weighted by molar-refractivity contribution is 14.1. The molecule has 8 heteroatoms. The lowest BCUT2D eigenvalue weighted by Gasteiger charge is -2.46. The minimum Gasteiger partial charge on any atom is -0.395 e. The molecule has 0 heterocycles. The third kappa shape index (κ3) is 9.31. The molecule has 0 aliphatic carbocycles. The van der Waals surface area contributed by atoms with Crippen LogP contribution in [0.1, 0.15) is 46.0 Å². The van der Waals surface area contributed by atoms with Crippen LogP contribution in [0.4, 0.5) is 0 Å². The third-order valence-corrected chi connectivity index (χ3v) is 5.35. The van der Waals surface area contributed by atoms with E-state index in [0.717, 1.165) is 19.3 Å². The predicted octanol–water partition coefficient (Wildman–Crippen LogP) is 3.37. The van der Waals surface area contributed by atoms with Crippen LogP contribution in [0, 0.1) is 5.92 Å². The molecule has 152 valence electrons. The van der Waals surface area contributed by atoms with Crippen molar-refractivity contribution in [2.75, 3.05) is 46.7 Å². The van der Waals surface area contributed by atoms with E-state index < -0.39 is 5.54 Å². The van der Waals surface area contributed by atoms with Gasteiger partial charge in [0.2, 0.25) is 0 Å². The maximum Gasteiger partial charge on any atom is 0.109 e. The molecule has 0 aromatic carbocycles. The van der Waals surface area contributed by atoms with Crippen LogP contribution < -0.4 is 0 Å². The molecular formula is C17H35I2NO5. The molecule has 0 amide bonds. The molecule has 0 radical (unpaired) electrons. The Labute approximate surface area is 181 Å². The molecule has 0 saturated heterocycles. The molecule has 6 nitrogen and oxygen atoms in total. The van der Waals surface area contributed by atoms with Gasteiger partial charge in [0, 0.05) is 19.7 Å². The summed E-state index contributed by atoms with van der Waals surface area (Å²) in [5, 5.41) is 19.8. The van der Waals surface area contributed by atoms with Gasteiger partial charge in [0.05, 0.1) is 38.6 Å². The van der Waals surface area contributed by atoms with E-state index in [0.29, 0.717) is 32.3 Å². The predicted molar refractivity (Wildman–Crippen MR) is 117 cm³/mol. The molecule has 0 aromatic rings. The van der Waals surface area contributed by atoms with Gasteiger partial charge in [0.15, 0.2) is 0 Å². The van der Waals surface area contributed by atoms with E-state index in [2.05, 4.69) is 18.7 Å². The zero-order valence-electron chi connectivity index (χ0n) is 15.8. The summed E-state index contributed by atoms with van der Waals surface area (Å²) in [4.78, 5) is 2.13. The number of β-amino-alcohol motifs (C(OH)–C–C–N with tert-alkyl or cyclic N) is 1. The van der Waals surface area contributed by atoms with Crippen molar-refractivity contribution in [2.24, 2.45) is 5.92 Å². The standard InChI is InChI=1S/C17H35I2NO5/c1-4-6-15(7-5-2)10-16(11-24-18)20(8-9-21)17(12-22,13-23-3)14-25-19/h15-16,21-22H,4-14H2,1-3H3. The van der Waals surface area contributed by atoms with Gasteiger partial charge in [-0.2, -0.15) is 0 Å². The van der Waals surface area contributed by atoms with Crippen molar-refractivity contribution >= 4 is 46.0 Å². The van der Waals surface area contributed by atoms with Crippen LogP contribution in [0.3, 0.4) is 0 Å². The number of methoxy groups -OCH3 is 1. The molecule has 0 saturated carbocycles. The monoisotopic (exact) mass is 587 g/mol. The van der Waals surface area contributed by atoms with Crippen LogP contribution in [-0.4, -0.2) is 73.4 Å². The normalized spacial score (nSPS) is 15.7. The lowest BCUT2D eigenvalue weighted by molar-refractivity contribution is -0.0805. The minimum absolute atomic E-state index is 0.0106. The van der Waals surface area contributed by atoms with Gasteiger partial charge in [0.1, 0.15) is 46.0 Å². The first-order valence-corrected chi connectivity index (χ1v) is 10.8. The van der Waals surface area contributed by atoms with Crippen LogP contribution in [0.15, 0.2) is 0 Å². The van der Waals surface area contributed by atoms with Gasteiger partial charge in [-0.1, -0.05) is 39.5 Å². The van der Waals surface area contributed by atoms with Crippen molar-refractivity contribution in [3.8, 4) is 0 Å². The fourth-order valence-corrected chi connectivity index (χ4v) is 4.61. The Kier molecular flexibility index (Phi) is 17.0. The van der Waals surface area contributed by atoms with E-state index in [4.69, 9.17) is 10.9 Å². The van der Waals surface area contributed by atoms with Gasteiger partial charge < -0.3 is 21.1 Å². The smallest absolute Gasteiger partial charge is 0.109 e. The quantitative estimate of drug-likeness (QED) is 0.255. The third-order valence-electron chi connectivity index (χ3n) is 4.68. The summed E-state index contributed by atoms with van der Waals surface area (Å²) >= 11 is 3.77. The van der Waals surface area contributed by atoms with Gasteiger partial charge in [0.25, 0.3) is 0 Å². The second kappa shape index (κ2) is 16.2. The Morgan fingerprint density at radius 2 is 1.68 bits per heavy atom. The van der Waals surface area contributed by atoms with Crippen LogP contribution in [-0.2, 0) is 10.9 Å².